The van der Waals surface area contributed by atoms with E-state index in [1.54, 1.807) is 0 Å². The molecule has 1 aliphatic carbocycles. The summed E-state index contributed by atoms with van der Waals surface area (Å²) in [5, 5.41) is 18.8. The number of hydrogen-bond donors (Lipinski definition) is 1. The zero-order valence-electron chi connectivity index (χ0n) is 12.5. The molecule has 6 heteroatoms. The Morgan fingerprint density at radius 2 is 2.00 bits per heavy atom. The van der Waals surface area contributed by atoms with Crippen molar-refractivity contribution in [3.63, 3.8) is 0 Å². The number of nitriles is 2. The summed E-state index contributed by atoms with van der Waals surface area (Å²) in [4.78, 5) is 4.00. The monoisotopic (exact) mass is 339 g/mol. The van der Waals surface area contributed by atoms with Gasteiger partial charge < -0.3 is 0 Å². The zero-order valence-corrected chi connectivity index (χ0v) is 14.1. The van der Waals surface area contributed by atoms with Crippen LogP contribution in [0.1, 0.15) is 34.2 Å². The minimum atomic E-state index is 0.282. The van der Waals surface area contributed by atoms with E-state index < -0.39 is 0 Å². The third-order valence-corrected chi connectivity index (χ3v) is 5.11. The molecule has 2 heterocycles. The summed E-state index contributed by atoms with van der Waals surface area (Å²) in [7, 11) is 0. The summed E-state index contributed by atoms with van der Waals surface area (Å²) in [5.74, 6) is 0.282. The largest absolute Gasteiger partial charge is 0.289 e. The summed E-state index contributed by atoms with van der Waals surface area (Å²) in [6.07, 6.45) is 1.99. The predicted octanol–water partition coefficient (Wildman–Crippen LogP) is 3.83. The van der Waals surface area contributed by atoms with E-state index in [0.717, 1.165) is 27.2 Å². The number of nitrogen functional groups attached to an aromatic ring is 1. The second-order valence-electron chi connectivity index (χ2n) is 5.21. The van der Waals surface area contributed by atoms with Gasteiger partial charge in [-0.25, -0.2) is 4.98 Å². The van der Waals surface area contributed by atoms with Crippen molar-refractivity contribution in [2.45, 2.75) is 13.8 Å². The Bertz CT molecular complexity index is 983. The van der Waals surface area contributed by atoms with Gasteiger partial charge in [0.25, 0.3) is 5.82 Å². The normalized spacial score (nSPS) is 14.7. The zero-order chi connectivity index (χ0) is 16.7. The number of pyridine rings is 1. The molecule has 0 spiro atoms. The molecule has 0 fully saturated rings. The van der Waals surface area contributed by atoms with Gasteiger partial charge in [-0.2, -0.15) is 10.5 Å². The molecule has 112 valence electrons. The molecular weight excluding hydrogens is 328 g/mol. The minimum Gasteiger partial charge on any atom is -0.286 e. The van der Waals surface area contributed by atoms with Gasteiger partial charge in [-0.1, -0.05) is 11.6 Å². The molecule has 0 radical (unpaired) electrons. The molecule has 23 heavy (non-hydrogen) atoms. The molecule has 0 saturated carbocycles. The average Bonchev–Trinajstić information content (AvgIpc) is 3.02. The molecule has 0 atom stereocenters. The van der Waals surface area contributed by atoms with Crippen LogP contribution in [-0.4, -0.2) is 0 Å². The number of nitrogens with two attached hydrogens (primary N) is 1. The molecule has 0 aromatic carbocycles. The van der Waals surface area contributed by atoms with Gasteiger partial charge in [0.2, 0.25) is 0 Å². The summed E-state index contributed by atoms with van der Waals surface area (Å²) < 4.78 is 0.704. The number of anilines is 1. The van der Waals surface area contributed by atoms with Gasteiger partial charge >= 0.3 is 0 Å². The quantitative estimate of drug-likeness (QED) is 0.856. The second-order valence-corrected chi connectivity index (χ2v) is 6.96. The summed E-state index contributed by atoms with van der Waals surface area (Å²) in [5.41, 5.74) is 11.0. The lowest BCUT2D eigenvalue weighted by atomic mass is 9.97. The van der Waals surface area contributed by atoms with Gasteiger partial charge in [0.05, 0.1) is 4.34 Å². The van der Waals surface area contributed by atoms with E-state index in [1.165, 1.54) is 11.3 Å². The molecule has 2 aromatic rings. The van der Waals surface area contributed by atoms with Crippen LogP contribution in [0, 0.1) is 29.6 Å². The molecule has 0 aliphatic heterocycles. The molecule has 2 aromatic heterocycles. The number of fused-ring (bicyclic) bond motifs is 1. The molecule has 0 amide bonds. The van der Waals surface area contributed by atoms with E-state index in [0.29, 0.717) is 21.2 Å². The van der Waals surface area contributed by atoms with Gasteiger partial charge in [0.15, 0.2) is 5.69 Å². The summed E-state index contributed by atoms with van der Waals surface area (Å²) in [6, 6.07) is 8.12. The molecule has 3 rings (SSSR count). The SMILES string of the molecule is CC1=C(C#N)c2[nH+]c(N)c(C#N)c(C)c2C1=Cc1ccc(Cl)s1. The van der Waals surface area contributed by atoms with Crippen LogP contribution < -0.4 is 10.7 Å². The van der Waals surface area contributed by atoms with Crippen molar-refractivity contribution in [3.8, 4) is 12.1 Å². The lowest BCUT2D eigenvalue weighted by molar-refractivity contribution is -0.364. The number of allylic oxidation sites excluding steroid dienone is 3. The van der Waals surface area contributed by atoms with E-state index >= 15 is 0 Å². The van der Waals surface area contributed by atoms with Crippen LogP contribution >= 0.6 is 22.9 Å². The highest BCUT2D eigenvalue weighted by Crippen LogP contribution is 2.43. The van der Waals surface area contributed by atoms with Crippen LogP contribution in [0.5, 0.6) is 0 Å². The van der Waals surface area contributed by atoms with Crippen molar-refractivity contribution in [2.75, 3.05) is 5.73 Å². The molecule has 0 saturated heterocycles. The number of nitrogens with one attached hydrogen (secondary N) is 1. The van der Waals surface area contributed by atoms with Gasteiger partial charge in [0, 0.05) is 10.4 Å². The maximum Gasteiger partial charge on any atom is 0.289 e. The number of rotatable bonds is 1. The lowest BCUT2D eigenvalue weighted by Crippen LogP contribution is -2.20. The maximum atomic E-state index is 9.50. The highest BCUT2D eigenvalue weighted by molar-refractivity contribution is 7.17. The maximum absolute atomic E-state index is 9.50. The molecule has 4 nitrogen and oxygen atoms in total. The first kappa shape index (κ1) is 15.3. The summed E-state index contributed by atoms with van der Waals surface area (Å²) in [6.45, 7) is 3.75. The Hall–Kier alpha value is -2.60. The minimum absolute atomic E-state index is 0.282. The fraction of sp³-hybridized carbons (Fsp3) is 0.118. The van der Waals surface area contributed by atoms with E-state index in [4.69, 9.17) is 17.3 Å². The topological polar surface area (TPSA) is 87.7 Å². The van der Waals surface area contributed by atoms with E-state index in [1.807, 2.05) is 32.1 Å². The van der Waals surface area contributed by atoms with Crippen LogP contribution in [0.25, 0.3) is 17.2 Å². The fourth-order valence-corrected chi connectivity index (χ4v) is 3.82. The van der Waals surface area contributed by atoms with Gasteiger partial charge in [-0.3, -0.25) is 5.73 Å². The third-order valence-electron chi connectivity index (χ3n) is 3.93. The highest BCUT2D eigenvalue weighted by atomic mass is 35.5. The van der Waals surface area contributed by atoms with Crippen molar-refractivity contribution >= 4 is 46.0 Å². The smallest absolute Gasteiger partial charge is 0.286 e. The first-order valence-corrected chi connectivity index (χ1v) is 8.02. The fourth-order valence-electron chi connectivity index (χ4n) is 2.82. The number of nitrogens with zero attached hydrogens (tertiary/aromatic N) is 2. The van der Waals surface area contributed by atoms with Gasteiger partial charge in [-0.15, -0.1) is 11.3 Å². The Morgan fingerprint density at radius 1 is 1.26 bits per heavy atom. The van der Waals surface area contributed by atoms with Crippen LogP contribution in [0.15, 0.2) is 17.7 Å². The number of aromatic amines is 1. The van der Waals surface area contributed by atoms with Crippen molar-refractivity contribution < 1.29 is 4.98 Å². The second kappa shape index (κ2) is 5.55. The third kappa shape index (κ3) is 2.31. The molecule has 3 N–H and O–H groups in total. The van der Waals surface area contributed by atoms with Gasteiger partial charge in [0.1, 0.15) is 23.3 Å². The van der Waals surface area contributed by atoms with E-state index in [9.17, 15) is 10.5 Å². The molecule has 0 unspecified atom stereocenters. The Morgan fingerprint density at radius 3 is 2.57 bits per heavy atom. The van der Waals surface area contributed by atoms with Crippen molar-refractivity contribution in [1.82, 2.24) is 0 Å². The number of aromatic nitrogens is 1. The Labute approximate surface area is 142 Å². The first-order valence-electron chi connectivity index (χ1n) is 6.82. The predicted molar refractivity (Wildman–Crippen MR) is 92.3 cm³/mol. The molecule has 1 aliphatic rings. The highest BCUT2D eigenvalue weighted by Gasteiger charge is 2.32. The van der Waals surface area contributed by atoms with E-state index in [2.05, 4.69) is 17.1 Å². The van der Waals surface area contributed by atoms with E-state index in [-0.39, 0.29) is 5.82 Å². The molecular formula is C17H12ClN4S+. The number of thiophene rings is 1. The number of halogens is 1. The Balaban J connectivity index is 2.34. The van der Waals surface area contributed by atoms with Crippen LogP contribution in [0.3, 0.4) is 0 Å². The number of hydrogen-bond acceptors (Lipinski definition) is 4. The standard InChI is InChI=1S/C17H11ClN4S/c1-8-11(5-10-3-4-14(18)23-10)15-9(2)13(7-20)17(21)22-16(15)12(8)6-19/h3-5H,1-2H3,(H2,21,22)/p+1. The van der Waals surface area contributed by atoms with Gasteiger partial charge in [-0.05, 0) is 48.8 Å². The average molecular weight is 340 g/mol. The molecule has 0 bridgehead atoms. The lowest BCUT2D eigenvalue weighted by Gasteiger charge is -2.07. The van der Waals surface area contributed by atoms with Crippen LogP contribution in [0.2, 0.25) is 4.34 Å². The van der Waals surface area contributed by atoms with Crippen molar-refractivity contribution in [3.05, 3.63) is 49.3 Å². The van der Waals surface area contributed by atoms with Crippen molar-refractivity contribution in [2.24, 2.45) is 0 Å². The number of H-pyrrole nitrogens is 1. The van der Waals surface area contributed by atoms with Crippen LogP contribution in [-0.2, 0) is 0 Å². The summed E-state index contributed by atoms with van der Waals surface area (Å²) >= 11 is 7.46. The Kier molecular flexibility index (Phi) is 3.69. The van der Waals surface area contributed by atoms with Crippen molar-refractivity contribution in [1.29, 1.82) is 10.5 Å². The van der Waals surface area contributed by atoms with Crippen LogP contribution in [0.4, 0.5) is 5.82 Å². The first-order chi connectivity index (χ1) is 11.0.